The summed E-state index contributed by atoms with van der Waals surface area (Å²) in [4.78, 5) is 30.6. The molecule has 7 nitrogen and oxygen atoms in total. The van der Waals surface area contributed by atoms with E-state index in [1.54, 1.807) is 13.0 Å². The summed E-state index contributed by atoms with van der Waals surface area (Å²) in [6, 6.07) is 12.2. The maximum Gasteiger partial charge on any atom is 0.270 e. The van der Waals surface area contributed by atoms with E-state index in [0.29, 0.717) is 5.69 Å². The van der Waals surface area contributed by atoms with Crippen LogP contribution in [0.4, 0.5) is 5.69 Å². The number of sulfone groups is 1. The zero-order chi connectivity index (χ0) is 22.6. The molecule has 0 saturated heterocycles. The fourth-order valence-electron chi connectivity index (χ4n) is 2.79. The Balaban J connectivity index is 1.69. The lowest BCUT2D eigenvalue weighted by Crippen LogP contribution is -2.20. The smallest absolute Gasteiger partial charge is 0.270 e. The minimum atomic E-state index is -4.00. The second-order valence-electron chi connectivity index (χ2n) is 7.02. The molecule has 0 aliphatic carbocycles. The number of aryl methyl sites for hydroxylation is 3. The Bertz CT molecular complexity index is 1270. The first-order valence-corrected chi connectivity index (χ1v) is 12.1. The van der Waals surface area contributed by atoms with Crippen LogP contribution >= 0.6 is 11.8 Å². The summed E-state index contributed by atoms with van der Waals surface area (Å²) in [6.07, 6.45) is 1.95. The number of H-pyrrole nitrogens is 1. The van der Waals surface area contributed by atoms with Crippen molar-refractivity contribution >= 4 is 33.2 Å². The number of hydrogen-bond acceptors (Lipinski definition) is 6. The SMILES string of the molecule is CCc1ccc(NC(=O)CSc2ncc(S(=O)(=O)c3ccc(C)c(C)c3)c(=O)[nH]2)cc1. The largest absolute Gasteiger partial charge is 0.325 e. The molecule has 0 aliphatic rings. The third-order valence-electron chi connectivity index (χ3n) is 4.81. The van der Waals surface area contributed by atoms with Gasteiger partial charge in [-0.05, 0) is 61.2 Å². The Hall–Kier alpha value is -2.91. The van der Waals surface area contributed by atoms with Gasteiger partial charge in [0.1, 0.15) is 0 Å². The number of nitrogens with one attached hydrogen (secondary N) is 2. The predicted octanol–water partition coefficient (Wildman–Crippen LogP) is 3.51. The van der Waals surface area contributed by atoms with Crippen LogP contribution in [0.2, 0.25) is 0 Å². The first-order valence-electron chi connectivity index (χ1n) is 9.64. The lowest BCUT2D eigenvalue weighted by atomic mass is 10.1. The molecule has 0 saturated carbocycles. The molecule has 3 aromatic rings. The van der Waals surface area contributed by atoms with Gasteiger partial charge in [0.15, 0.2) is 10.1 Å². The summed E-state index contributed by atoms with van der Waals surface area (Å²) < 4.78 is 25.6. The maximum atomic E-state index is 12.8. The monoisotopic (exact) mass is 457 g/mol. The van der Waals surface area contributed by atoms with E-state index in [0.717, 1.165) is 35.5 Å². The number of amides is 1. The summed E-state index contributed by atoms with van der Waals surface area (Å²) >= 11 is 1.02. The predicted molar refractivity (Wildman–Crippen MR) is 121 cm³/mol. The van der Waals surface area contributed by atoms with E-state index in [4.69, 9.17) is 0 Å². The molecule has 1 aromatic heterocycles. The first-order chi connectivity index (χ1) is 14.7. The standard InChI is InChI=1S/C22H23N3O4S2/c1-4-16-6-8-17(9-7-16)24-20(26)13-30-22-23-12-19(21(27)25-22)31(28,29)18-10-5-14(2)15(3)11-18/h5-12H,4,13H2,1-3H3,(H,24,26)(H,23,25,27). The normalized spacial score (nSPS) is 11.3. The molecule has 2 N–H and O–H groups in total. The molecule has 2 aromatic carbocycles. The van der Waals surface area contributed by atoms with Crippen LogP contribution in [0.15, 0.2) is 68.4 Å². The van der Waals surface area contributed by atoms with Crippen LogP contribution < -0.4 is 10.9 Å². The van der Waals surface area contributed by atoms with Crippen molar-refractivity contribution in [1.82, 2.24) is 9.97 Å². The van der Waals surface area contributed by atoms with Gasteiger partial charge in [0.2, 0.25) is 15.7 Å². The van der Waals surface area contributed by atoms with Gasteiger partial charge in [-0.1, -0.05) is 36.9 Å². The maximum absolute atomic E-state index is 12.8. The van der Waals surface area contributed by atoms with E-state index < -0.39 is 20.3 Å². The molecular formula is C22H23N3O4S2. The van der Waals surface area contributed by atoms with Crippen molar-refractivity contribution in [1.29, 1.82) is 0 Å². The van der Waals surface area contributed by atoms with Gasteiger partial charge < -0.3 is 10.3 Å². The minimum Gasteiger partial charge on any atom is -0.325 e. The first kappa shape index (κ1) is 22.8. The number of aromatic nitrogens is 2. The third kappa shape index (κ3) is 5.42. The van der Waals surface area contributed by atoms with Gasteiger partial charge in [0.05, 0.1) is 16.8 Å². The van der Waals surface area contributed by atoms with Gasteiger partial charge in [-0.15, -0.1) is 0 Å². The van der Waals surface area contributed by atoms with Gasteiger partial charge in [0.25, 0.3) is 5.56 Å². The van der Waals surface area contributed by atoms with Crippen LogP contribution in [-0.2, 0) is 21.1 Å². The highest BCUT2D eigenvalue weighted by atomic mass is 32.2. The van der Waals surface area contributed by atoms with Crippen molar-refractivity contribution in [2.45, 2.75) is 42.1 Å². The zero-order valence-corrected chi connectivity index (χ0v) is 19.1. The number of aromatic amines is 1. The highest BCUT2D eigenvalue weighted by molar-refractivity contribution is 7.99. The molecular weight excluding hydrogens is 434 g/mol. The van der Waals surface area contributed by atoms with Gasteiger partial charge in [-0.3, -0.25) is 9.59 Å². The number of thioether (sulfide) groups is 1. The van der Waals surface area contributed by atoms with E-state index >= 15 is 0 Å². The second kappa shape index (κ2) is 9.49. The molecule has 1 heterocycles. The summed E-state index contributed by atoms with van der Waals surface area (Å²) in [5.74, 6) is -0.245. The fraction of sp³-hybridized carbons (Fsp3) is 0.227. The summed E-state index contributed by atoms with van der Waals surface area (Å²) in [7, 11) is -4.00. The molecule has 3 rings (SSSR count). The Kier molecular flexibility index (Phi) is 6.97. The fourth-order valence-corrected chi connectivity index (χ4v) is 4.75. The van der Waals surface area contributed by atoms with Crippen LogP contribution in [0.25, 0.3) is 0 Å². The number of benzene rings is 2. The summed E-state index contributed by atoms with van der Waals surface area (Å²) in [5.41, 5.74) is 2.85. The molecule has 1 amide bonds. The Morgan fingerprint density at radius 1 is 1.10 bits per heavy atom. The van der Waals surface area contributed by atoms with E-state index in [1.165, 1.54) is 17.7 Å². The van der Waals surface area contributed by atoms with Crippen molar-refractivity contribution in [3.63, 3.8) is 0 Å². The second-order valence-corrected chi connectivity index (χ2v) is 9.90. The lowest BCUT2D eigenvalue weighted by molar-refractivity contribution is -0.113. The van der Waals surface area contributed by atoms with Gasteiger partial charge in [0, 0.05) is 5.69 Å². The molecule has 0 atom stereocenters. The molecule has 0 bridgehead atoms. The van der Waals surface area contributed by atoms with E-state index in [9.17, 15) is 18.0 Å². The van der Waals surface area contributed by atoms with Crippen molar-refractivity contribution in [2.24, 2.45) is 0 Å². The van der Waals surface area contributed by atoms with E-state index in [2.05, 4.69) is 22.2 Å². The van der Waals surface area contributed by atoms with Crippen molar-refractivity contribution in [3.05, 3.63) is 75.7 Å². The van der Waals surface area contributed by atoms with Crippen LogP contribution in [0.1, 0.15) is 23.6 Å². The molecule has 9 heteroatoms. The average Bonchev–Trinajstić information content (AvgIpc) is 2.74. The molecule has 0 spiro atoms. The van der Waals surface area contributed by atoms with E-state index in [1.807, 2.05) is 31.2 Å². The molecule has 0 radical (unpaired) electrons. The topological polar surface area (TPSA) is 109 Å². The average molecular weight is 458 g/mol. The lowest BCUT2D eigenvalue weighted by Gasteiger charge is -2.08. The molecule has 0 fully saturated rings. The zero-order valence-electron chi connectivity index (χ0n) is 17.4. The van der Waals surface area contributed by atoms with Crippen molar-refractivity contribution in [2.75, 3.05) is 11.1 Å². The Labute approximate surface area is 185 Å². The Morgan fingerprint density at radius 3 is 2.42 bits per heavy atom. The van der Waals surface area contributed by atoms with Crippen LogP contribution in [0.3, 0.4) is 0 Å². The number of rotatable bonds is 7. The van der Waals surface area contributed by atoms with Crippen molar-refractivity contribution < 1.29 is 13.2 Å². The van der Waals surface area contributed by atoms with Gasteiger partial charge in [-0.2, -0.15) is 0 Å². The van der Waals surface area contributed by atoms with Crippen LogP contribution in [0.5, 0.6) is 0 Å². The number of anilines is 1. The summed E-state index contributed by atoms with van der Waals surface area (Å²) in [5, 5.41) is 2.94. The van der Waals surface area contributed by atoms with E-state index in [-0.39, 0.29) is 21.7 Å². The minimum absolute atomic E-state index is 0.0156. The van der Waals surface area contributed by atoms with Gasteiger partial charge in [-0.25, -0.2) is 13.4 Å². The Morgan fingerprint density at radius 2 is 1.81 bits per heavy atom. The van der Waals surface area contributed by atoms with Crippen molar-refractivity contribution in [3.8, 4) is 0 Å². The number of carbonyl (C=O) groups is 1. The highest BCUT2D eigenvalue weighted by Gasteiger charge is 2.23. The third-order valence-corrected chi connectivity index (χ3v) is 7.44. The number of nitrogens with zero attached hydrogens (tertiary/aromatic N) is 1. The highest BCUT2D eigenvalue weighted by Crippen LogP contribution is 2.21. The molecule has 0 aliphatic heterocycles. The molecule has 31 heavy (non-hydrogen) atoms. The molecule has 162 valence electrons. The molecule has 0 unspecified atom stereocenters. The van der Waals surface area contributed by atoms with Gasteiger partial charge >= 0.3 is 0 Å². The number of hydrogen-bond donors (Lipinski definition) is 2. The number of carbonyl (C=O) groups excluding carboxylic acids is 1. The van der Waals surface area contributed by atoms with Crippen LogP contribution in [0, 0.1) is 13.8 Å². The summed E-state index contributed by atoms with van der Waals surface area (Å²) in [6.45, 7) is 5.73. The van der Waals surface area contributed by atoms with Crippen LogP contribution in [-0.4, -0.2) is 30.0 Å². The quantitative estimate of drug-likeness (QED) is 0.415.